The fraction of sp³-hybridized carbons (Fsp3) is 0.654. The van der Waals surface area contributed by atoms with E-state index in [4.69, 9.17) is 4.74 Å². The van der Waals surface area contributed by atoms with E-state index in [-0.39, 0.29) is 6.03 Å². The number of carbonyl (C=O) groups is 1. The lowest BCUT2D eigenvalue weighted by atomic mass is 9.74. The van der Waals surface area contributed by atoms with Crippen molar-refractivity contribution in [1.29, 1.82) is 0 Å². The maximum Gasteiger partial charge on any atom is 0.336 e. The van der Waals surface area contributed by atoms with E-state index in [0.717, 1.165) is 51.3 Å². The summed E-state index contributed by atoms with van der Waals surface area (Å²) in [6, 6.07) is 7.25. The van der Waals surface area contributed by atoms with Crippen LogP contribution in [0.5, 0.6) is 0 Å². The van der Waals surface area contributed by atoms with Crippen LogP contribution in [-0.4, -0.2) is 83.9 Å². The topological polar surface area (TPSA) is 53.0 Å². The zero-order valence-electron chi connectivity index (χ0n) is 20.5. The van der Waals surface area contributed by atoms with E-state index < -0.39 is 0 Å². The van der Waals surface area contributed by atoms with Gasteiger partial charge in [-0.25, -0.2) is 10.2 Å². The molecule has 7 heteroatoms. The van der Waals surface area contributed by atoms with Gasteiger partial charge >= 0.3 is 6.03 Å². The van der Waals surface area contributed by atoms with Gasteiger partial charge in [-0.05, 0) is 63.4 Å². The zero-order chi connectivity index (χ0) is 22.9. The summed E-state index contributed by atoms with van der Waals surface area (Å²) in [7, 11) is 0. The van der Waals surface area contributed by atoms with Crippen molar-refractivity contribution in [2.75, 3.05) is 57.9 Å². The van der Waals surface area contributed by atoms with Gasteiger partial charge in [-0.1, -0.05) is 19.1 Å². The fourth-order valence-corrected chi connectivity index (χ4v) is 6.33. The van der Waals surface area contributed by atoms with E-state index in [2.05, 4.69) is 45.0 Å². The van der Waals surface area contributed by atoms with Crippen LogP contribution in [0.15, 0.2) is 18.2 Å². The van der Waals surface area contributed by atoms with E-state index >= 15 is 0 Å². The number of hydrogen-bond donors (Lipinski definition) is 1. The van der Waals surface area contributed by atoms with Gasteiger partial charge in [0.25, 0.3) is 0 Å². The van der Waals surface area contributed by atoms with Gasteiger partial charge in [-0.3, -0.25) is 14.5 Å². The van der Waals surface area contributed by atoms with Crippen molar-refractivity contribution in [3.05, 3.63) is 35.0 Å². The second-order valence-corrected chi connectivity index (χ2v) is 9.63. The van der Waals surface area contributed by atoms with Crippen LogP contribution in [-0.2, 0) is 17.7 Å². The predicted molar refractivity (Wildman–Crippen MR) is 132 cm³/mol. The Bertz CT molecular complexity index is 992. The lowest BCUT2D eigenvalue weighted by molar-refractivity contribution is 0.0331. The largest absolute Gasteiger partial charge is 0.379 e. The number of urea groups is 1. The molecule has 3 heterocycles. The number of morpholine rings is 1. The first kappa shape index (κ1) is 22.7. The minimum atomic E-state index is -0.0241. The van der Waals surface area contributed by atoms with Crippen LogP contribution in [0, 0.1) is 0 Å². The normalized spacial score (nSPS) is 23.5. The molecule has 2 aromatic rings. The van der Waals surface area contributed by atoms with Crippen LogP contribution < -0.4 is 5.43 Å². The maximum absolute atomic E-state index is 13.2. The Hall–Kier alpha value is -2.09. The van der Waals surface area contributed by atoms with E-state index in [0.29, 0.717) is 25.0 Å². The van der Waals surface area contributed by atoms with Gasteiger partial charge in [0.05, 0.1) is 24.4 Å². The fourth-order valence-electron chi connectivity index (χ4n) is 6.33. The molecule has 1 N–H and O–H groups in total. The number of nitrogens with one attached hydrogen (secondary N) is 1. The summed E-state index contributed by atoms with van der Waals surface area (Å²) in [6.45, 7) is 14.3. The number of nitrogens with zero attached hydrogens (tertiary/aromatic N) is 4. The number of amides is 2. The second kappa shape index (κ2) is 9.65. The van der Waals surface area contributed by atoms with E-state index in [9.17, 15) is 4.79 Å². The van der Waals surface area contributed by atoms with Crippen molar-refractivity contribution in [1.82, 2.24) is 19.4 Å². The minimum absolute atomic E-state index is 0.0241. The summed E-state index contributed by atoms with van der Waals surface area (Å²) in [6.07, 6.45) is 3.59. The molecule has 0 saturated carbocycles. The molecule has 2 saturated heterocycles. The monoisotopic (exact) mass is 453 g/mol. The number of fused-ring (bicyclic) bond motifs is 2. The van der Waals surface area contributed by atoms with Gasteiger partial charge in [0, 0.05) is 50.1 Å². The molecule has 180 valence electrons. The number of carbonyl (C=O) groups excluding carboxylic acids is 1. The van der Waals surface area contributed by atoms with Crippen LogP contribution >= 0.6 is 0 Å². The average Bonchev–Trinajstić information content (AvgIpc) is 3.13. The highest BCUT2D eigenvalue weighted by atomic mass is 16.5. The summed E-state index contributed by atoms with van der Waals surface area (Å²) in [5.41, 5.74) is 8.62. The summed E-state index contributed by atoms with van der Waals surface area (Å²) in [5.74, 6) is 0.584. The molecule has 33 heavy (non-hydrogen) atoms. The van der Waals surface area contributed by atoms with Crippen LogP contribution in [0.25, 0.3) is 10.9 Å². The molecule has 2 amide bonds. The lowest BCUT2D eigenvalue weighted by Crippen LogP contribution is -2.46. The predicted octanol–water partition coefficient (Wildman–Crippen LogP) is 3.60. The first-order valence-electron chi connectivity index (χ1n) is 12.9. The number of likely N-dealkylation sites (tertiary alicyclic amines) is 1. The smallest absolute Gasteiger partial charge is 0.336 e. The highest BCUT2D eigenvalue weighted by molar-refractivity contribution is 5.93. The number of ether oxygens (including phenoxy) is 1. The Labute approximate surface area is 197 Å². The van der Waals surface area contributed by atoms with Crippen molar-refractivity contribution in [2.45, 2.75) is 58.5 Å². The number of hydrogen-bond acceptors (Lipinski definition) is 4. The highest BCUT2D eigenvalue weighted by Crippen LogP contribution is 2.45. The van der Waals surface area contributed by atoms with Crippen molar-refractivity contribution in [3.8, 4) is 0 Å². The first-order chi connectivity index (χ1) is 16.2. The lowest BCUT2D eigenvalue weighted by Gasteiger charge is -2.44. The molecule has 7 nitrogen and oxygen atoms in total. The van der Waals surface area contributed by atoms with Gasteiger partial charge in [0.15, 0.2) is 0 Å². The highest BCUT2D eigenvalue weighted by Gasteiger charge is 2.39. The van der Waals surface area contributed by atoms with Crippen LogP contribution in [0.3, 0.4) is 0 Å². The summed E-state index contributed by atoms with van der Waals surface area (Å²) in [4.78, 5) is 20.2. The third-order valence-corrected chi connectivity index (χ3v) is 8.08. The quantitative estimate of drug-likeness (QED) is 0.726. The number of benzene rings is 1. The third kappa shape index (κ3) is 4.04. The molecular formula is C26H39N5O2. The van der Waals surface area contributed by atoms with Crippen LogP contribution in [0.2, 0.25) is 0 Å². The Morgan fingerprint density at radius 3 is 2.67 bits per heavy atom. The Morgan fingerprint density at radius 1 is 1.15 bits per heavy atom. The van der Waals surface area contributed by atoms with E-state index in [1.807, 2.05) is 18.7 Å². The molecule has 1 aromatic heterocycles. The zero-order valence-corrected chi connectivity index (χ0v) is 20.5. The Morgan fingerprint density at radius 2 is 1.94 bits per heavy atom. The van der Waals surface area contributed by atoms with Gasteiger partial charge in [-0.15, -0.1) is 0 Å². The van der Waals surface area contributed by atoms with E-state index in [1.165, 1.54) is 41.6 Å². The maximum atomic E-state index is 13.2. The SMILES string of the molecule is CCN(CC)C(=O)Nn1c(CN2CCOCC2)c2c3c(cccc31)[C@H]1CCCN(CC)[C@@H]1C2. The Kier molecular flexibility index (Phi) is 6.63. The molecule has 0 radical (unpaired) electrons. The summed E-state index contributed by atoms with van der Waals surface area (Å²) in [5, 5.41) is 1.39. The third-order valence-electron chi connectivity index (χ3n) is 8.08. The molecule has 0 spiro atoms. The van der Waals surface area contributed by atoms with Crippen molar-refractivity contribution in [2.24, 2.45) is 0 Å². The average molecular weight is 454 g/mol. The molecule has 5 rings (SSSR count). The first-order valence-corrected chi connectivity index (χ1v) is 12.9. The number of likely N-dealkylation sites (N-methyl/N-ethyl adjacent to an activating group) is 1. The molecule has 2 atom stereocenters. The van der Waals surface area contributed by atoms with Gasteiger partial charge in [-0.2, -0.15) is 0 Å². The molecular weight excluding hydrogens is 414 g/mol. The Balaban J connectivity index is 1.62. The van der Waals surface area contributed by atoms with Crippen LogP contribution in [0.4, 0.5) is 4.79 Å². The number of aromatic nitrogens is 1. The standard InChI is InChI=1S/C26H39N5O2/c1-4-29(5-2)26(32)27-31-22-11-7-9-20-19-10-8-12-30(6-3)23(19)17-21(25(20)22)24(31)18-28-13-15-33-16-14-28/h7,9,11,19,23H,4-6,8,10,12-18H2,1-3H3,(H,27,32)/t19-,23-/m1/s1. The van der Waals surface area contributed by atoms with Gasteiger partial charge in [0.1, 0.15) is 0 Å². The van der Waals surface area contributed by atoms with Crippen molar-refractivity contribution < 1.29 is 9.53 Å². The molecule has 0 unspecified atom stereocenters. The van der Waals surface area contributed by atoms with E-state index in [1.54, 1.807) is 0 Å². The number of rotatable bonds is 6. The molecule has 3 aliphatic rings. The molecule has 0 bridgehead atoms. The molecule has 1 aromatic carbocycles. The molecule has 2 aliphatic heterocycles. The molecule has 2 fully saturated rings. The summed E-state index contributed by atoms with van der Waals surface area (Å²) >= 11 is 0. The second-order valence-electron chi connectivity index (χ2n) is 9.63. The van der Waals surface area contributed by atoms with Gasteiger partial charge in [0.2, 0.25) is 0 Å². The van der Waals surface area contributed by atoms with Crippen molar-refractivity contribution >= 4 is 16.9 Å². The van der Waals surface area contributed by atoms with Crippen molar-refractivity contribution in [3.63, 3.8) is 0 Å². The minimum Gasteiger partial charge on any atom is -0.379 e. The number of piperidine rings is 1. The van der Waals surface area contributed by atoms with Gasteiger partial charge < -0.3 is 9.64 Å². The molecule has 1 aliphatic carbocycles. The summed E-state index contributed by atoms with van der Waals surface area (Å²) < 4.78 is 7.73. The van der Waals surface area contributed by atoms with Crippen LogP contribution in [0.1, 0.15) is 56.4 Å².